The smallest absolute Gasteiger partial charge is 0.302 e. The van der Waals surface area contributed by atoms with Crippen LogP contribution >= 0.6 is 0 Å². The molecule has 5 atom stereocenters. The van der Waals surface area contributed by atoms with Crippen LogP contribution in [0.5, 0.6) is 0 Å². The topological polar surface area (TPSA) is 43.4 Å². The summed E-state index contributed by atoms with van der Waals surface area (Å²) in [7, 11) is 0. The third kappa shape index (κ3) is 4.62. The summed E-state index contributed by atoms with van der Waals surface area (Å²) in [5.74, 6) is 1.51. The van der Waals surface area contributed by atoms with Crippen LogP contribution in [-0.4, -0.2) is 17.9 Å². The Hall–Kier alpha value is -1.38. The van der Waals surface area contributed by atoms with Gasteiger partial charge in [0.05, 0.1) is 0 Å². The average molecular weight is 347 g/mol. The number of fused-ring (bicyclic) bond motifs is 1. The molecule has 0 radical (unpaired) electrons. The fraction of sp³-hybridized carbons (Fsp3) is 0.727. The molecule has 0 aromatic carbocycles. The number of carbonyl (C=O) groups excluding carboxylic acids is 2. The molecular formula is C22H34O3. The predicted molar refractivity (Wildman–Crippen MR) is 101 cm³/mol. The van der Waals surface area contributed by atoms with Crippen LogP contribution in [0.2, 0.25) is 0 Å². The summed E-state index contributed by atoms with van der Waals surface area (Å²) >= 11 is 0. The maximum atomic E-state index is 12.0. The van der Waals surface area contributed by atoms with Crippen molar-refractivity contribution in [3.8, 4) is 0 Å². The number of rotatable bonds is 6. The maximum Gasteiger partial charge on any atom is 0.302 e. The highest BCUT2D eigenvalue weighted by atomic mass is 16.5. The minimum absolute atomic E-state index is 0.0924. The van der Waals surface area contributed by atoms with E-state index in [1.165, 1.54) is 18.1 Å². The van der Waals surface area contributed by atoms with E-state index in [-0.39, 0.29) is 29.8 Å². The van der Waals surface area contributed by atoms with E-state index in [4.69, 9.17) is 4.74 Å². The van der Waals surface area contributed by atoms with Gasteiger partial charge in [0.25, 0.3) is 0 Å². The van der Waals surface area contributed by atoms with E-state index < -0.39 is 0 Å². The first-order valence-electron chi connectivity index (χ1n) is 9.76. The largest absolute Gasteiger partial charge is 0.462 e. The summed E-state index contributed by atoms with van der Waals surface area (Å²) in [6.07, 6.45) is 6.68. The fourth-order valence-corrected chi connectivity index (χ4v) is 4.62. The first-order valence-corrected chi connectivity index (χ1v) is 9.76. The number of ether oxygens (including phenoxy) is 1. The number of hydrogen-bond acceptors (Lipinski definition) is 3. The first-order chi connectivity index (χ1) is 11.7. The summed E-state index contributed by atoms with van der Waals surface area (Å²) in [6, 6.07) is 0. The Kier molecular flexibility index (Phi) is 6.65. The third-order valence-electron chi connectivity index (χ3n) is 6.28. The number of ketones is 1. The van der Waals surface area contributed by atoms with Gasteiger partial charge in [-0.3, -0.25) is 9.59 Å². The molecular weight excluding hydrogens is 312 g/mol. The van der Waals surface area contributed by atoms with Crippen LogP contribution in [0.25, 0.3) is 0 Å². The summed E-state index contributed by atoms with van der Waals surface area (Å²) in [6.45, 7) is 14.1. The SMILES string of the molecule is C=C1CC[C@@H]([C@H](C)CCC(=O)C(C)C)[C@@H](OC(C)=O)[C@@H]2C(C)=CC[C@@H]12. The second-order valence-corrected chi connectivity index (χ2v) is 8.39. The Balaban J connectivity index is 2.20. The molecule has 0 N–H and O–H groups in total. The van der Waals surface area contributed by atoms with E-state index in [2.05, 4.69) is 26.5 Å². The molecule has 2 aliphatic rings. The molecule has 25 heavy (non-hydrogen) atoms. The number of esters is 1. The highest BCUT2D eigenvalue weighted by Gasteiger charge is 2.44. The maximum absolute atomic E-state index is 12.0. The summed E-state index contributed by atoms with van der Waals surface area (Å²) < 4.78 is 5.89. The summed E-state index contributed by atoms with van der Waals surface area (Å²) in [4.78, 5) is 23.8. The molecule has 0 aromatic heterocycles. The molecule has 1 saturated carbocycles. The lowest BCUT2D eigenvalue weighted by Crippen LogP contribution is -2.38. The second kappa shape index (κ2) is 8.33. The van der Waals surface area contributed by atoms with Crippen LogP contribution in [0.1, 0.15) is 66.7 Å². The molecule has 3 heteroatoms. The van der Waals surface area contributed by atoms with E-state index in [0.717, 1.165) is 25.7 Å². The fourth-order valence-electron chi connectivity index (χ4n) is 4.62. The number of carbonyl (C=O) groups is 2. The van der Waals surface area contributed by atoms with Gasteiger partial charge in [-0.1, -0.05) is 44.6 Å². The Morgan fingerprint density at radius 2 is 2.00 bits per heavy atom. The quantitative estimate of drug-likeness (QED) is 0.496. The van der Waals surface area contributed by atoms with E-state index in [9.17, 15) is 9.59 Å². The molecule has 0 saturated heterocycles. The van der Waals surface area contributed by atoms with Crippen LogP contribution < -0.4 is 0 Å². The Bertz CT molecular complexity index is 558. The second-order valence-electron chi connectivity index (χ2n) is 8.39. The van der Waals surface area contributed by atoms with Gasteiger partial charge in [-0.15, -0.1) is 0 Å². The lowest BCUT2D eigenvalue weighted by atomic mass is 9.75. The molecule has 0 aromatic rings. The zero-order valence-corrected chi connectivity index (χ0v) is 16.5. The Morgan fingerprint density at radius 1 is 1.32 bits per heavy atom. The summed E-state index contributed by atoms with van der Waals surface area (Å²) in [5.41, 5.74) is 2.62. The lowest BCUT2D eigenvalue weighted by molar-refractivity contribution is -0.153. The lowest BCUT2D eigenvalue weighted by Gasteiger charge is -2.35. The highest BCUT2D eigenvalue weighted by Crippen LogP contribution is 2.48. The van der Waals surface area contributed by atoms with Gasteiger partial charge in [-0.05, 0) is 50.4 Å². The molecule has 2 rings (SSSR count). The van der Waals surface area contributed by atoms with E-state index >= 15 is 0 Å². The van der Waals surface area contributed by atoms with Gasteiger partial charge in [0.1, 0.15) is 11.9 Å². The van der Waals surface area contributed by atoms with Crippen LogP contribution in [0.4, 0.5) is 0 Å². The van der Waals surface area contributed by atoms with Crippen molar-refractivity contribution >= 4 is 11.8 Å². The average Bonchev–Trinajstić information content (AvgIpc) is 2.85. The van der Waals surface area contributed by atoms with Gasteiger partial charge in [-0.25, -0.2) is 0 Å². The van der Waals surface area contributed by atoms with Crippen molar-refractivity contribution in [3.05, 3.63) is 23.8 Å². The van der Waals surface area contributed by atoms with Crippen molar-refractivity contribution < 1.29 is 14.3 Å². The van der Waals surface area contributed by atoms with Gasteiger partial charge in [-0.2, -0.15) is 0 Å². The van der Waals surface area contributed by atoms with Crippen molar-refractivity contribution in [1.29, 1.82) is 0 Å². The molecule has 0 spiro atoms. The molecule has 0 bridgehead atoms. The monoisotopic (exact) mass is 346 g/mol. The van der Waals surface area contributed by atoms with Crippen molar-refractivity contribution in [2.24, 2.45) is 29.6 Å². The van der Waals surface area contributed by atoms with Gasteiger partial charge in [0, 0.05) is 25.2 Å². The van der Waals surface area contributed by atoms with Crippen LogP contribution in [0, 0.1) is 29.6 Å². The molecule has 2 aliphatic carbocycles. The van der Waals surface area contributed by atoms with E-state index in [1.54, 1.807) is 0 Å². The molecule has 140 valence electrons. The molecule has 0 amide bonds. The van der Waals surface area contributed by atoms with Gasteiger partial charge in [0.2, 0.25) is 0 Å². The molecule has 3 nitrogen and oxygen atoms in total. The summed E-state index contributed by atoms with van der Waals surface area (Å²) in [5, 5.41) is 0. The zero-order valence-electron chi connectivity index (χ0n) is 16.5. The minimum atomic E-state index is -0.202. The number of allylic oxidation sites excluding steroid dienone is 2. The third-order valence-corrected chi connectivity index (χ3v) is 6.28. The highest BCUT2D eigenvalue weighted by molar-refractivity contribution is 5.80. The Morgan fingerprint density at radius 3 is 2.60 bits per heavy atom. The Labute approximate surface area is 152 Å². The minimum Gasteiger partial charge on any atom is -0.462 e. The molecule has 0 aliphatic heterocycles. The normalized spacial score (nSPS) is 30.5. The molecule has 0 unspecified atom stereocenters. The predicted octanol–water partition coefficient (Wildman–Crippen LogP) is 5.11. The van der Waals surface area contributed by atoms with Crippen molar-refractivity contribution in [2.75, 3.05) is 0 Å². The van der Waals surface area contributed by atoms with Crippen LogP contribution in [0.3, 0.4) is 0 Å². The van der Waals surface area contributed by atoms with E-state index in [1.807, 2.05) is 13.8 Å². The van der Waals surface area contributed by atoms with E-state index in [0.29, 0.717) is 24.0 Å². The molecule has 0 heterocycles. The molecule has 1 fully saturated rings. The number of Topliss-reactive ketones (excluding diaryl/α,β-unsaturated/α-hetero) is 1. The van der Waals surface area contributed by atoms with Crippen LogP contribution in [0.15, 0.2) is 23.8 Å². The number of hydrogen-bond donors (Lipinski definition) is 0. The standard InChI is InChI=1S/C22H34O3/c1-13(2)20(24)12-9-15(4)19-11-7-14(3)18-10-8-16(5)21(18)22(19)25-17(6)23/h8,13,15,18-19,21-22H,3,7,9-12H2,1-2,4-6H3/t15-,18+,19+,21-,22-/m1/s1. The zero-order chi connectivity index (χ0) is 18.7. The van der Waals surface area contributed by atoms with Crippen LogP contribution in [-0.2, 0) is 14.3 Å². The van der Waals surface area contributed by atoms with Gasteiger partial charge >= 0.3 is 5.97 Å². The van der Waals surface area contributed by atoms with Gasteiger partial charge in [0.15, 0.2) is 0 Å². The van der Waals surface area contributed by atoms with Crippen molar-refractivity contribution in [3.63, 3.8) is 0 Å². The van der Waals surface area contributed by atoms with Crippen molar-refractivity contribution in [2.45, 2.75) is 72.8 Å². The van der Waals surface area contributed by atoms with Gasteiger partial charge < -0.3 is 4.74 Å². The first kappa shape index (κ1) is 19.9. The van der Waals surface area contributed by atoms with Crippen molar-refractivity contribution in [1.82, 2.24) is 0 Å².